The van der Waals surface area contributed by atoms with Gasteiger partial charge in [-0.1, -0.05) is 0 Å². The summed E-state index contributed by atoms with van der Waals surface area (Å²) in [5, 5.41) is 0.994. The lowest BCUT2D eigenvalue weighted by molar-refractivity contribution is 0.0505. The van der Waals surface area contributed by atoms with Crippen molar-refractivity contribution in [1.29, 1.82) is 0 Å². The fourth-order valence-corrected chi connectivity index (χ4v) is 4.13. The summed E-state index contributed by atoms with van der Waals surface area (Å²) in [6, 6.07) is 4.09. The summed E-state index contributed by atoms with van der Waals surface area (Å²) in [5.41, 5.74) is 2.06. The van der Waals surface area contributed by atoms with Crippen LogP contribution in [0.15, 0.2) is 29.7 Å². The van der Waals surface area contributed by atoms with Crippen molar-refractivity contribution < 1.29 is 14.3 Å². The zero-order valence-corrected chi connectivity index (χ0v) is 18.4. The Kier molecular flexibility index (Phi) is 6.26. The molecule has 2 aromatic heterocycles. The number of amides is 1. The van der Waals surface area contributed by atoms with Crippen LogP contribution in [0.25, 0.3) is 0 Å². The van der Waals surface area contributed by atoms with Crippen molar-refractivity contribution in [1.82, 2.24) is 19.9 Å². The van der Waals surface area contributed by atoms with Crippen molar-refractivity contribution in [2.75, 3.05) is 30.8 Å². The van der Waals surface area contributed by atoms with Gasteiger partial charge in [-0.05, 0) is 38.7 Å². The maximum Gasteiger partial charge on any atom is 0.410 e. The van der Waals surface area contributed by atoms with Gasteiger partial charge in [0.2, 0.25) is 5.88 Å². The van der Waals surface area contributed by atoms with Crippen molar-refractivity contribution in [2.45, 2.75) is 50.3 Å². The number of ether oxygens (including phenoxy) is 2. The highest BCUT2D eigenvalue weighted by atomic mass is 32.2. The second-order valence-corrected chi connectivity index (χ2v) is 8.50. The molecular weight excluding hydrogens is 402 g/mol. The van der Waals surface area contributed by atoms with E-state index in [-0.39, 0.29) is 18.3 Å². The average molecular weight is 430 g/mol. The number of aromatic nitrogens is 3. The summed E-state index contributed by atoms with van der Waals surface area (Å²) >= 11 is 1.62. The van der Waals surface area contributed by atoms with Crippen LogP contribution >= 0.6 is 11.8 Å². The third-order valence-corrected chi connectivity index (χ3v) is 5.94. The van der Waals surface area contributed by atoms with Crippen LogP contribution in [0.2, 0.25) is 0 Å². The predicted octanol–water partition coefficient (Wildman–Crippen LogP) is 3.68. The lowest BCUT2D eigenvalue weighted by Gasteiger charge is -2.32. The van der Waals surface area contributed by atoms with E-state index in [1.54, 1.807) is 23.0 Å². The molecule has 2 aliphatic heterocycles. The topological polar surface area (TPSA) is 80.7 Å². The Morgan fingerprint density at radius 3 is 2.63 bits per heavy atom. The summed E-state index contributed by atoms with van der Waals surface area (Å²) in [6.07, 6.45) is 7.49. The van der Waals surface area contributed by atoms with Gasteiger partial charge >= 0.3 is 6.09 Å². The predicted molar refractivity (Wildman–Crippen MR) is 116 cm³/mol. The lowest BCUT2D eigenvalue weighted by atomic mass is 10.1. The van der Waals surface area contributed by atoms with Gasteiger partial charge in [0.25, 0.3) is 0 Å². The molecule has 9 heteroatoms. The largest absolute Gasteiger partial charge is 0.474 e. The molecule has 0 aliphatic carbocycles. The van der Waals surface area contributed by atoms with Crippen LogP contribution in [0, 0.1) is 0 Å². The summed E-state index contributed by atoms with van der Waals surface area (Å²) in [6.45, 7) is 5.80. The molecule has 0 bridgehead atoms. The maximum absolute atomic E-state index is 12.1. The first-order valence-corrected chi connectivity index (χ1v) is 11.5. The standard InChI is InChI=1S/C21H27N5O3S/c1-14(2)28-21(27)25-9-6-16(7-10-25)29-20-17-8-11-26(19(17)23-13-24-20)15-4-5-18(30-3)22-12-15/h4-5,12-14,16H,6-11H2,1-3H3. The fraction of sp³-hybridized carbons (Fsp3) is 0.524. The Balaban J connectivity index is 1.41. The van der Waals surface area contributed by atoms with Gasteiger partial charge in [-0.15, -0.1) is 11.8 Å². The highest BCUT2D eigenvalue weighted by Gasteiger charge is 2.30. The molecule has 30 heavy (non-hydrogen) atoms. The SMILES string of the molecule is CSc1ccc(N2CCc3c(OC4CCN(C(=O)OC(C)C)CC4)ncnc32)cn1. The third-order valence-electron chi connectivity index (χ3n) is 5.28. The molecule has 1 saturated heterocycles. The van der Waals surface area contributed by atoms with E-state index in [1.807, 2.05) is 32.4 Å². The van der Waals surface area contributed by atoms with Gasteiger partial charge in [-0.25, -0.2) is 19.7 Å². The van der Waals surface area contributed by atoms with Crippen molar-refractivity contribution in [3.63, 3.8) is 0 Å². The molecule has 2 aromatic rings. The molecular formula is C21H27N5O3S. The van der Waals surface area contributed by atoms with Gasteiger partial charge in [-0.3, -0.25) is 0 Å². The van der Waals surface area contributed by atoms with Crippen LogP contribution in [0.1, 0.15) is 32.3 Å². The van der Waals surface area contributed by atoms with Crippen LogP contribution in [0.4, 0.5) is 16.3 Å². The molecule has 0 N–H and O–H groups in total. The molecule has 1 amide bonds. The molecule has 4 rings (SSSR count). The molecule has 2 aliphatic rings. The number of carbonyl (C=O) groups is 1. The number of rotatable bonds is 5. The highest BCUT2D eigenvalue weighted by molar-refractivity contribution is 7.98. The van der Waals surface area contributed by atoms with E-state index >= 15 is 0 Å². The van der Waals surface area contributed by atoms with E-state index in [2.05, 4.69) is 25.9 Å². The van der Waals surface area contributed by atoms with Crippen LogP contribution in [0.3, 0.4) is 0 Å². The minimum atomic E-state index is -0.247. The first-order valence-electron chi connectivity index (χ1n) is 10.3. The molecule has 0 saturated carbocycles. The molecule has 1 fully saturated rings. The Morgan fingerprint density at radius 1 is 1.17 bits per heavy atom. The molecule has 160 valence electrons. The van der Waals surface area contributed by atoms with Gasteiger partial charge < -0.3 is 19.3 Å². The van der Waals surface area contributed by atoms with Crippen LogP contribution in [-0.4, -0.2) is 64.0 Å². The minimum absolute atomic E-state index is 0.0312. The highest BCUT2D eigenvalue weighted by Crippen LogP contribution is 2.37. The van der Waals surface area contributed by atoms with E-state index in [4.69, 9.17) is 9.47 Å². The quantitative estimate of drug-likeness (QED) is 0.666. The fourth-order valence-electron chi connectivity index (χ4n) is 3.76. The number of nitrogens with zero attached hydrogens (tertiary/aromatic N) is 5. The minimum Gasteiger partial charge on any atom is -0.474 e. The number of anilines is 2. The smallest absolute Gasteiger partial charge is 0.410 e. The number of likely N-dealkylation sites (tertiary alicyclic amines) is 1. The molecule has 8 nitrogen and oxygen atoms in total. The normalized spacial score (nSPS) is 16.7. The second kappa shape index (κ2) is 9.07. The Morgan fingerprint density at radius 2 is 1.97 bits per heavy atom. The average Bonchev–Trinajstić information content (AvgIpc) is 3.19. The third kappa shape index (κ3) is 4.45. The van der Waals surface area contributed by atoms with Gasteiger partial charge in [-0.2, -0.15) is 0 Å². The molecule has 0 unspecified atom stereocenters. The number of pyridine rings is 1. The van der Waals surface area contributed by atoms with Gasteiger partial charge in [0.15, 0.2) is 0 Å². The molecule has 0 spiro atoms. The monoisotopic (exact) mass is 429 g/mol. The Hall–Kier alpha value is -2.55. The second-order valence-electron chi connectivity index (χ2n) is 7.68. The maximum atomic E-state index is 12.1. The Bertz CT molecular complexity index is 885. The number of thioether (sulfide) groups is 1. The zero-order valence-electron chi connectivity index (χ0n) is 17.6. The molecule has 0 aromatic carbocycles. The van der Waals surface area contributed by atoms with E-state index in [0.29, 0.717) is 19.0 Å². The van der Waals surface area contributed by atoms with Crippen LogP contribution in [-0.2, 0) is 11.2 Å². The number of piperidine rings is 1. The number of hydrogen-bond acceptors (Lipinski definition) is 8. The lowest BCUT2D eigenvalue weighted by Crippen LogP contribution is -2.42. The van der Waals surface area contributed by atoms with Gasteiger partial charge in [0.05, 0.1) is 28.6 Å². The van der Waals surface area contributed by atoms with Gasteiger partial charge in [0, 0.05) is 32.5 Å². The van der Waals surface area contributed by atoms with Crippen molar-refractivity contribution in [3.8, 4) is 5.88 Å². The van der Waals surface area contributed by atoms with Crippen molar-refractivity contribution in [3.05, 3.63) is 30.2 Å². The van der Waals surface area contributed by atoms with E-state index in [0.717, 1.165) is 47.9 Å². The summed E-state index contributed by atoms with van der Waals surface area (Å²) in [5.74, 6) is 1.54. The number of hydrogen-bond donors (Lipinski definition) is 0. The summed E-state index contributed by atoms with van der Waals surface area (Å²) < 4.78 is 11.5. The Labute approximate surface area is 181 Å². The van der Waals surface area contributed by atoms with E-state index in [9.17, 15) is 4.79 Å². The van der Waals surface area contributed by atoms with Crippen molar-refractivity contribution >= 4 is 29.4 Å². The molecule has 4 heterocycles. The summed E-state index contributed by atoms with van der Waals surface area (Å²) in [7, 11) is 0. The number of fused-ring (bicyclic) bond motifs is 1. The van der Waals surface area contributed by atoms with Crippen LogP contribution in [0.5, 0.6) is 5.88 Å². The van der Waals surface area contributed by atoms with E-state index < -0.39 is 0 Å². The molecule has 0 radical (unpaired) electrons. The van der Waals surface area contributed by atoms with Crippen LogP contribution < -0.4 is 9.64 Å². The van der Waals surface area contributed by atoms with E-state index in [1.165, 1.54) is 0 Å². The summed E-state index contributed by atoms with van der Waals surface area (Å²) in [4.78, 5) is 29.4. The first-order chi connectivity index (χ1) is 14.5. The molecule has 0 atom stereocenters. The number of carbonyl (C=O) groups excluding carboxylic acids is 1. The van der Waals surface area contributed by atoms with Gasteiger partial charge in [0.1, 0.15) is 18.2 Å². The zero-order chi connectivity index (χ0) is 21.1. The van der Waals surface area contributed by atoms with Crippen molar-refractivity contribution in [2.24, 2.45) is 0 Å². The first kappa shape index (κ1) is 20.7.